The Morgan fingerprint density at radius 2 is 2.00 bits per heavy atom. The Kier molecular flexibility index (Phi) is 6.25. The monoisotopic (exact) mass is 363 g/mol. The largest absolute Gasteiger partial charge is 0.361 e. The highest BCUT2D eigenvalue weighted by atomic mass is 32.2. The van der Waals surface area contributed by atoms with Crippen LogP contribution in [0, 0.1) is 11.8 Å². The number of allylic oxidation sites excluding steroid dienone is 1. The van der Waals surface area contributed by atoms with Gasteiger partial charge < -0.3 is 9.84 Å². The van der Waals surface area contributed by atoms with Crippen LogP contribution in [0.5, 0.6) is 0 Å². The number of hydrogen-bond donors (Lipinski definition) is 1. The lowest BCUT2D eigenvalue weighted by Crippen LogP contribution is -2.47. The van der Waals surface area contributed by atoms with E-state index in [9.17, 15) is 9.32 Å². The molecule has 0 amide bonds. The van der Waals surface area contributed by atoms with Gasteiger partial charge in [-0.3, -0.25) is 0 Å². The summed E-state index contributed by atoms with van der Waals surface area (Å²) in [6.07, 6.45) is 5.86. The Labute approximate surface area is 151 Å². The highest BCUT2D eigenvalue weighted by molar-refractivity contribution is 7.97. The molecule has 138 valence electrons. The summed E-state index contributed by atoms with van der Waals surface area (Å²) in [5, 5.41) is 11.2. The van der Waals surface area contributed by atoms with E-state index in [-0.39, 0.29) is 17.9 Å². The zero-order valence-electron chi connectivity index (χ0n) is 15.7. The first-order chi connectivity index (χ1) is 11.8. The fourth-order valence-corrected chi connectivity index (χ4v) is 5.35. The van der Waals surface area contributed by atoms with Crippen LogP contribution in [0.15, 0.2) is 62.7 Å². The van der Waals surface area contributed by atoms with Crippen LogP contribution in [0.3, 0.4) is 0 Å². The average Bonchev–Trinajstić information content (AvgIpc) is 2.62. The lowest BCUT2D eigenvalue weighted by Gasteiger charge is -2.42. The lowest BCUT2D eigenvalue weighted by molar-refractivity contribution is -0.208. The molecule has 1 aromatic carbocycles. The summed E-state index contributed by atoms with van der Waals surface area (Å²) in [5.74, 6) is -1.31. The van der Waals surface area contributed by atoms with Crippen LogP contribution < -0.4 is 0 Å². The molecule has 0 saturated carbocycles. The van der Waals surface area contributed by atoms with Crippen LogP contribution in [-0.4, -0.2) is 28.3 Å². The molecule has 1 aliphatic heterocycles. The molecule has 25 heavy (non-hydrogen) atoms. The molecular formula is C20H29NO3S. The zero-order chi connectivity index (χ0) is 18.7. The zero-order valence-corrected chi connectivity index (χ0v) is 16.5. The van der Waals surface area contributed by atoms with Crippen molar-refractivity contribution >= 4 is 9.73 Å². The van der Waals surface area contributed by atoms with Crippen molar-refractivity contribution in [3.63, 3.8) is 0 Å². The summed E-state index contributed by atoms with van der Waals surface area (Å²) in [6, 6.07) is 9.11. The first-order valence-corrected chi connectivity index (χ1v) is 10.3. The second-order valence-corrected chi connectivity index (χ2v) is 8.95. The van der Waals surface area contributed by atoms with Gasteiger partial charge in [0.15, 0.2) is 0 Å². The van der Waals surface area contributed by atoms with Gasteiger partial charge in [-0.2, -0.15) is 0 Å². The van der Waals surface area contributed by atoms with E-state index in [1.807, 2.05) is 50.3 Å². The van der Waals surface area contributed by atoms with Crippen molar-refractivity contribution in [2.24, 2.45) is 16.2 Å². The maximum absolute atomic E-state index is 13.8. The fourth-order valence-electron chi connectivity index (χ4n) is 3.19. The van der Waals surface area contributed by atoms with Gasteiger partial charge in [-0.05, 0) is 25.0 Å². The van der Waals surface area contributed by atoms with Crippen molar-refractivity contribution in [1.29, 1.82) is 0 Å². The van der Waals surface area contributed by atoms with E-state index in [0.29, 0.717) is 16.2 Å². The van der Waals surface area contributed by atoms with E-state index < -0.39 is 15.5 Å². The molecule has 0 aromatic heterocycles. The van der Waals surface area contributed by atoms with Crippen LogP contribution in [0.1, 0.15) is 34.1 Å². The number of rotatable bonds is 5. The standard InChI is InChI=1S/C20H29NO3S/c1-6-11-18-17(15(3)4)14-19(20(22,7-2)24-18)25(23,21-5)16-12-9-8-10-13-16/h6,8-15,17-18,22H,7H2,1-5H3/b11-6+/t17-,18-,20+,25?/m0/s1. The van der Waals surface area contributed by atoms with Crippen LogP contribution in [0.25, 0.3) is 0 Å². The number of ether oxygens (including phenoxy) is 1. The smallest absolute Gasteiger partial charge is 0.202 e. The summed E-state index contributed by atoms with van der Waals surface area (Å²) < 4.78 is 24.1. The van der Waals surface area contributed by atoms with E-state index in [1.54, 1.807) is 12.1 Å². The fraction of sp³-hybridized carbons (Fsp3) is 0.500. The highest BCUT2D eigenvalue weighted by Gasteiger charge is 2.45. The van der Waals surface area contributed by atoms with Gasteiger partial charge in [0.05, 0.1) is 15.9 Å². The van der Waals surface area contributed by atoms with E-state index in [4.69, 9.17) is 4.74 Å². The third-order valence-electron chi connectivity index (χ3n) is 4.69. The molecule has 2 rings (SSSR count). The minimum atomic E-state index is -2.94. The highest BCUT2D eigenvalue weighted by Crippen LogP contribution is 2.42. The lowest BCUT2D eigenvalue weighted by atomic mass is 9.86. The Morgan fingerprint density at radius 1 is 1.36 bits per heavy atom. The number of nitrogens with zero attached hydrogens (tertiary/aromatic N) is 1. The minimum Gasteiger partial charge on any atom is -0.361 e. The van der Waals surface area contributed by atoms with Gasteiger partial charge in [0, 0.05) is 19.4 Å². The average molecular weight is 364 g/mol. The Bertz CT molecular complexity index is 760. The molecule has 1 aromatic rings. The molecule has 4 nitrogen and oxygen atoms in total. The van der Waals surface area contributed by atoms with Gasteiger partial charge in [-0.15, -0.1) is 0 Å². The number of aliphatic hydroxyl groups is 1. The van der Waals surface area contributed by atoms with Gasteiger partial charge in [-0.25, -0.2) is 8.57 Å². The summed E-state index contributed by atoms with van der Waals surface area (Å²) in [7, 11) is -1.41. The minimum absolute atomic E-state index is 0.0179. The molecule has 0 aliphatic carbocycles. The van der Waals surface area contributed by atoms with E-state index in [1.165, 1.54) is 7.05 Å². The first kappa shape index (κ1) is 19.9. The molecule has 1 aliphatic rings. The Morgan fingerprint density at radius 3 is 2.48 bits per heavy atom. The number of benzene rings is 1. The quantitative estimate of drug-likeness (QED) is 0.790. The first-order valence-electron chi connectivity index (χ1n) is 8.78. The van der Waals surface area contributed by atoms with Crippen molar-refractivity contribution in [1.82, 2.24) is 0 Å². The molecule has 0 saturated heterocycles. The van der Waals surface area contributed by atoms with Gasteiger partial charge in [0.2, 0.25) is 5.79 Å². The molecule has 1 N–H and O–H groups in total. The third kappa shape index (κ3) is 3.73. The molecule has 0 bridgehead atoms. The molecule has 1 heterocycles. The van der Waals surface area contributed by atoms with Gasteiger partial charge in [0.25, 0.3) is 0 Å². The van der Waals surface area contributed by atoms with Crippen molar-refractivity contribution in [2.75, 3.05) is 7.05 Å². The van der Waals surface area contributed by atoms with Crippen LogP contribution >= 0.6 is 0 Å². The van der Waals surface area contributed by atoms with E-state index in [2.05, 4.69) is 18.2 Å². The van der Waals surface area contributed by atoms with Gasteiger partial charge in [-0.1, -0.05) is 57.2 Å². The SMILES string of the molecule is C/C=C/[C@@H]1O[C@](O)(CC)C(S(=O)(=NC)c2ccccc2)=C[C@H]1C(C)C. The summed E-state index contributed by atoms with van der Waals surface area (Å²) in [6.45, 7) is 7.96. The molecule has 4 atom stereocenters. The maximum atomic E-state index is 13.8. The molecule has 0 spiro atoms. The molecule has 0 radical (unpaired) electrons. The van der Waals surface area contributed by atoms with E-state index >= 15 is 0 Å². The normalized spacial score (nSPS) is 29.5. The topological polar surface area (TPSA) is 58.9 Å². The summed E-state index contributed by atoms with van der Waals surface area (Å²) in [5.41, 5.74) is 0. The molecular weight excluding hydrogens is 334 g/mol. The Hall–Kier alpha value is -1.43. The van der Waals surface area contributed by atoms with Gasteiger partial charge >= 0.3 is 0 Å². The maximum Gasteiger partial charge on any atom is 0.202 e. The predicted octanol–water partition coefficient (Wildman–Crippen LogP) is 4.37. The van der Waals surface area contributed by atoms with Crippen molar-refractivity contribution in [2.45, 2.75) is 50.9 Å². The molecule has 0 fully saturated rings. The van der Waals surface area contributed by atoms with Crippen molar-refractivity contribution < 1.29 is 14.1 Å². The van der Waals surface area contributed by atoms with Crippen LogP contribution in [-0.2, 0) is 14.5 Å². The van der Waals surface area contributed by atoms with Crippen molar-refractivity contribution in [3.8, 4) is 0 Å². The Balaban J connectivity index is 2.70. The second kappa shape index (κ2) is 7.85. The summed E-state index contributed by atoms with van der Waals surface area (Å²) >= 11 is 0. The number of hydrogen-bond acceptors (Lipinski definition) is 4. The third-order valence-corrected chi connectivity index (χ3v) is 7.16. The molecule has 1 unspecified atom stereocenters. The second-order valence-electron chi connectivity index (χ2n) is 6.62. The van der Waals surface area contributed by atoms with Crippen LogP contribution in [0.4, 0.5) is 0 Å². The van der Waals surface area contributed by atoms with Crippen molar-refractivity contribution in [3.05, 3.63) is 53.5 Å². The predicted molar refractivity (Wildman–Crippen MR) is 103 cm³/mol. The van der Waals surface area contributed by atoms with Gasteiger partial charge in [0.1, 0.15) is 9.73 Å². The molecule has 5 heteroatoms. The van der Waals surface area contributed by atoms with Crippen LogP contribution in [0.2, 0.25) is 0 Å². The van der Waals surface area contributed by atoms with E-state index in [0.717, 1.165) is 0 Å². The summed E-state index contributed by atoms with van der Waals surface area (Å²) in [4.78, 5) is 0.960.